The summed E-state index contributed by atoms with van der Waals surface area (Å²) in [4.78, 5) is 14.8. The fraction of sp³-hybridized carbons (Fsp3) is 0.778. The molecule has 1 heterocycles. The van der Waals surface area contributed by atoms with Crippen molar-refractivity contribution < 1.29 is 9.90 Å². The lowest BCUT2D eigenvalue weighted by Gasteiger charge is -2.29. The molecule has 1 unspecified atom stereocenters. The highest BCUT2D eigenvalue weighted by atomic mass is 16.3. The maximum Gasteiger partial charge on any atom is 0.264 e. The molecule has 0 aromatic carbocycles. The molecule has 0 radical (unpaired) electrons. The number of amides is 1. The van der Waals surface area contributed by atoms with Gasteiger partial charge in [0, 0.05) is 6.04 Å². The first-order valence-electron chi connectivity index (χ1n) is 5.03. The van der Waals surface area contributed by atoms with Gasteiger partial charge in [-0.3, -0.25) is 10.1 Å². The van der Waals surface area contributed by atoms with Crippen molar-refractivity contribution in [2.75, 3.05) is 0 Å². The van der Waals surface area contributed by atoms with Crippen LogP contribution in [0.5, 0.6) is 0 Å². The number of aliphatic hydroxyl groups excluding tert-OH is 1. The first-order chi connectivity index (χ1) is 6.75. The van der Waals surface area contributed by atoms with E-state index in [1.807, 2.05) is 0 Å². The van der Waals surface area contributed by atoms with Crippen molar-refractivity contribution >= 4 is 12.1 Å². The van der Waals surface area contributed by atoms with Gasteiger partial charge in [-0.1, -0.05) is 12.8 Å². The number of carbonyl (C=O) groups is 1. The predicted octanol–water partition coefficient (Wildman–Crippen LogP) is -0.636. The van der Waals surface area contributed by atoms with E-state index in [1.54, 1.807) is 0 Å². The van der Waals surface area contributed by atoms with Crippen molar-refractivity contribution in [1.29, 1.82) is 0 Å². The van der Waals surface area contributed by atoms with Gasteiger partial charge in [0.25, 0.3) is 5.91 Å². The summed E-state index contributed by atoms with van der Waals surface area (Å²) in [7, 11) is 0. The Morgan fingerprint density at radius 1 is 1.50 bits per heavy atom. The number of rotatable bonds is 2. The largest absolute Gasteiger partial charge is 0.392 e. The molecule has 5 heteroatoms. The molecular formula is C9H15N3O2. The van der Waals surface area contributed by atoms with Gasteiger partial charge in [-0.05, 0) is 12.8 Å². The average molecular weight is 197 g/mol. The third kappa shape index (κ3) is 2.10. The van der Waals surface area contributed by atoms with Crippen molar-refractivity contribution in [3.63, 3.8) is 0 Å². The smallest absolute Gasteiger partial charge is 0.264 e. The van der Waals surface area contributed by atoms with E-state index >= 15 is 0 Å². The lowest BCUT2D eigenvalue weighted by Crippen LogP contribution is -2.50. The Morgan fingerprint density at radius 2 is 2.29 bits per heavy atom. The van der Waals surface area contributed by atoms with Gasteiger partial charge in [-0.15, -0.1) is 0 Å². The van der Waals surface area contributed by atoms with Crippen LogP contribution in [0, 0.1) is 0 Å². The van der Waals surface area contributed by atoms with E-state index in [0.29, 0.717) is 0 Å². The molecule has 1 aliphatic carbocycles. The summed E-state index contributed by atoms with van der Waals surface area (Å²) in [6, 6.07) is 0.0595. The van der Waals surface area contributed by atoms with Crippen LogP contribution in [0.15, 0.2) is 4.99 Å². The van der Waals surface area contributed by atoms with E-state index in [-0.39, 0.29) is 24.3 Å². The first-order valence-corrected chi connectivity index (χ1v) is 5.03. The van der Waals surface area contributed by atoms with Crippen LogP contribution < -0.4 is 10.6 Å². The van der Waals surface area contributed by atoms with Crippen molar-refractivity contribution in [2.45, 2.75) is 44.1 Å². The van der Waals surface area contributed by atoms with Gasteiger partial charge in [0.15, 0.2) is 6.29 Å². The van der Waals surface area contributed by atoms with Crippen LogP contribution in [0.2, 0.25) is 0 Å². The maximum absolute atomic E-state index is 10.8. The number of hydrogen-bond acceptors (Lipinski definition) is 4. The minimum absolute atomic E-state index is 0.0595. The molecule has 1 aliphatic heterocycles. The predicted molar refractivity (Wildman–Crippen MR) is 51.8 cm³/mol. The molecule has 3 N–H and O–H groups in total. The Balaban J connectivity index is 1.84. The Kier molecular flexibility index (Phi) is 2.79. The zero-order valence-electron chi connectivity index (χ0n) is 7.94. The van der Waals surface area contributed by atoms with Crippen LogP contribution in [-0.4, -0.2) is 35.7 Å². The van der Waals surface area contributed by atoms with Gasteiger partial charge in [0.2, 0.25) is 0 Å². The van der Waals surface area contributed by atoms with Crippen molar-refractivity contribution in [3.05, 3.63) is 0 Å². The second kappa shape index (κ2) is 4.06. The Hall–Kier alpha value is -0.940. The van der Waals surface area contributed by atoms with E-state index in [0.717, 1.165) is 25.7 Å². The van der Waals surface area contributed by atoms with Crippen molar-refractivity contribution in [1.82, 2.24) is 10.6 Å². The molecule has 2 aliphatic rings. The van der Waals surface area contributed by atoms with Gasteiger partial charge in [0.1, 0.15) is 0 Å². The molecule has 3 atom stereocenters. The summed E-state index contributed by atoms with van der Waals surface area (Å²) in [5.74, 6) is -0.173. The standard InChI is InChI=1S/C9H15N3O2/c13-7-4-2-1-3-6(7)11-9-10-5-8(14)12-9/h5-7,9,11,13H,1-4H2,(H,12,14)/t6-,7-,9?/m1/s1. The minimum atomic E-state index is -0.347. The Morgan fingerprint density at radius 3 is 2.93 bits per heavy atom. The second-order valence-electron chi connectivity index (χ2n) is 3.81. The summed E-state index contributed by atoms with van der Waals surface area (Å²) in [6.07, 6.45) is 4.60. The van der Waals surface area contributed by atoms with E-state index in [9.17, 15) is 9.90 Å². The van der Waals surface area contributed by atoms with Crippen LogP contribution in [-0.2, 0) is 4.79 Å². The Bertz CT molecular complexity index is 254. The van der Waals surface area contributed by atoms with E-state index in [1.165, 1.54) is 6.21 Å². The third-order valence-electron chi connectivity index (χ3n) is 2.72. The molecule has 0 aromatic heterocycles. The molecular weight excluding hydrogens is 182 g/mol. The molecule has 0 aromatic rings. The van der Waals surface area contributed by atoms with Crippen molar-refractivity contribution in [3.8, 4) is 0 Å². The third-order valence-corrected chi connectivity index (χ3v) is 2.72. The lowest BCUT2D eigenvalue weighted by atomic mass is 9.93. The van der Waals surface area contributed by atoms with Gasteiger partial charge < -0.3 is 10.4 Å². The topological polar surface area (TPSA) is 73.7 Å². The molecule has 1 fully saturated rings. The summed E-state index contributed by atoms with van der Waals surface area (Å²) in [5.41, 5.74) is 0. The van der Waals surface area contributed by atoms with Gasteiger partial charge >= 0.3 is 0 Å². The SMILES string of the molecule is O=C1C=NC(N[C@@H]2CCCC[C@H]2O)N1. The molecule has 5 nitrogen and oxygen atoms in total. The monoisotopic (exact) mass is 197 g/mol. The highest BCUT2D eigenvalue weighted by molar-refractivity contribution is 6.27. The van der Waals surface area contributed by atoms with E-state index in [4.69, 9.17) is 0 Å². The van der Waals surface area contributed by atoms with E-state index < -0.39 is 0 Å². The van der Waals surface area contributed by atoms with Crippen LogP contribution in [0.4, 0.5) is 0 Å². The molecule has 0 saturated heterocycles. The minimum Gasteiger partial charge on any atom is -0.392 e. The molecule has 0 bridgehead atoms. The maximum atomic E-state index is 10.8. The van der Waals surface area contributed by atoms with Crippen LogP contribution >= 0.6 is 0 Å². The number of nitrogens with one attached hydrogen (secondary N) is 2. The van der Waals surface area contributed by atoms with Crippen LogP contribution in [0.3, 0.4) is 0 Å². The molecule has 1 saturated carbocycles. The number of hydrogen-bond donors (Lipinski definition) is 3. The lowest BCUT2D eigenvalue weighted by molar-refractivity contribution is -0.114. The average Bonchev–Trinajstić information content (AvgIpc) is 2.56. The van der Waals surface area contributed by atoms with Gasteiger partial charge in [-0.2, -0.15) is 0 Å². The Labute approximate surface area is 82.6 Å². The molecule has 14 heavy (non-hydrogen) atoms. The van der Waals surface area contributed by atoms with Gasteiger partial charge in [0.05, 0.1) is 12.3 Å². The number of nitrogens with zero attached hydrogens (tertiary/aromatic N) is 1. The normalized spacial score (nSPS) is 37.2. The number of aliphatic imine (C=N–C) groups is 1. The summed E-state index contributed by atoms with van der Waals surface area (Å²) in [5, 5.41) is 15.4. The summed E-state index contributed by atoms with van der Waals surface area (Å²) in [6.45, 7) is 0. The summed E-state index contributed by atoms with van der Waals surface area (Å²) < 4.78 is 0. The highest BCUT2D eigenvalue weighted by Gasteiger charge is 2.26. The number of carbonyl (C=O) groups excluding carboxylic acids is 1. The molecule has 1 amide bonds. The molecule has 78 valence electrons. The van der Waals surface area contributed by atoms with Crippen molar-refractivity contribution in [2.24, 2.45) is 4.99 Å². The second-order valence-corrected chi connectivity index (χ2v) is 3.81. The van der Waals surface area contributed by atoms with Crippen LogP contribution in [0.1, 0.15) is 25.7 Å². The summed E-state index contributed by atoms with van der Waals surface area (Å²) >= 11 is 0. The fourth-order valence-corrected chi connectivity index (χ4v) is 1.94. The zero-order valence-corrected chi connectivity index (χ0v) is 7.94. The molecule has 2 rings (SSSR count). The van der Waals surface area contributed by atoms with Gasteiger partial charge in [-0.25, -0.2) is 4.99 Å². The highest BCUT2D eigenvalue weighted by Crippen LogP contribution is 2.18. The van der Waals surface area contributed by atoms with E-state index in [2.05, 4.69) is 15.6 Å². The molecule has 0 spiro atoms. The first kappa shape index (κ1) is 9.61. The van der Waals surface area contributed by atoms with Crippen LogP contribution in [0.25, 0.3) is 0 Å². The zero-order chi connectivity index (χ0) is 9.97. The number of aliphatic hydroxyl groups is 1. The fourth-order valence-electron chi connectivity index (χ4n) is 1.94. The quantitative estimate of drug-likeness (QED) is 0.551.